The van der Waals surface area contributed by atoms with Crippen LogP contribution in [0.25, 0.3) is 6.08 Å². The van der Waals surface area contributed by atoms with Crippen LogP contribution >= 0.6 is 11.6 Å². The molecule has 4 atom stereocenters. The van der Waals surface area contributed by atoms with Gasteiger partial charge in [0.15, 0.2) is 0 Å². The molecule has 2 N–H and O–H groups in total. The third kappa shape index (κ3) is 7.42. The van der Waals surface area contributed by atoms with Gasteiger partial charge in [-0.3, -0.25) is 19.4 Å². The lowest BCUT2D eigenvalue weighted by Gasteiger charge is -2.43. The van der Waals surface area contributed by atoms with E-state index in [1.807, 2.05) is 49.4 Å². The largest absolute Gasteiger partial charge is 0.508 e. The number of hydrogen-bond donors (Lipinski definition) is 2. The average molecular weight is 695 g/mol. The summed E-state index contributed by atoms with van der Waals surface area (Å²) in [5.74, 6) is -0.647. The zero-order valence-corrected chi connectivity index (χ0v) is 29.2. The Morgan fingerprint density at radius 2 is 1.72 bits per heavy atom. The van der Waals surface area contributed by atoms with Crippen LogP contribution < -0.4 is 4.74 Å². The standard InChI is InChI=1S/C40H44BClN2O6/c1-26(20-28-13-14-31(45)22-35(28)42)12-15-36-37-29(25-49-32-10-6-3-7-11-32)21-33-38(34(37)23-41(48)50-36)40(47)44(39(33)46)30-16-18-43(19-17-30)24-27-8-4-2-5-9-27/h2-11,13-14,20,22,30,33-34,36,38,45,48H,12,15-19,21,23-25H2,1H3/b26-20+/t33-,34+,36-,38-/m1/s1. The van der Waals surface area contributed by atoms with E-state index in [2.05, 4.69) is 29.2 Å². The highest BCUT2D eigenvalue weighted by atomic mass is 35.5. The van der Waals surface area contributed by atoms with Crippen LogP contribution in [0.2, 0.25) is 11.3 Å². The number of piperidine rings is 1. The minimum atomic E-state index is -1.04. The molecule has 10 heteroatoms. The molecular formula is C40H44BClN2O6. The second-order valence-corrected chi connectivity index (χ2v) is 14.6. The van der Waals surface area contributed by atoms with Crippen LogP contribution in [0.1, 0.15) is 50.2 Å². The van der Waals surface area contributed by atoms with E-state index in [0.29, 0.717) is 24.3 Å². The average Bonchev–Trinajstić information content (AvgIpc) is 3.37. The number of carbonyl (C=O) groups is 2. The summed E-state index contributed by atoms with van der Waals surface area (Å²) in [5.41, 5.74) is 5.12. The molecule has 260 valence electrons. The fourth-order valence-corrected chi connectivity index (χ4v) is 8.70. The van der Waals surface area contributed by atoms with E-state index in [-0.39, 0.29) is 42.5 Å². The van der Waals surface area contributed by atoms with Gasteiger partial charge in [0, 0.05) is 25.7 Å². The number of phenolic OH excluding ortho intramolecular Hbond substituents is 1. The van der Waals surface area contributed by atoms with Crippen molar-refractivity contribution < 1.29 is 29.1 Å². The number of halogens is 1. The molecule has 1 aliphatic carbocycles. The van der Waals surface area contributed by atoms with Crippen LogP contribution in [0.4, 0.5) is 0 Å². The Kier molecular flexibility index (Phi) is 10.5. The first kappa shape index (κ1) is 34.6. The summed E-state index contributed by atoms with van der Waals surface area (Å²) < 4.78 is 12.5. The summed E-state index contributed by atoms with van der Waals surface area (Å²) >= 11 is 6.37. The van der Waals surface area contributed by atoms with Gasteiger partial charge in [0.05, 0.1) is 23.0 Å². The number of imide groups is 1. The van der Waals surface area contributed by atoms with Crippen LogP contribution in [-0.2, 0) is 20.8 Å². The predicted molar refractivity (Wildman–Crippen MR) is 194 cm³/mol. The molecule has 50 heavy (non-hydrogen) atoms. The maximum absolute atomic E-state index is 14.4. The van der Waals surface area contributed by atoms with Crippen molar-refractivity contribution in [3.63, 3.8) is 0 Å². The highest BCUT2D eigenvalue weighted by molar-refractivity contribution is 6.43. The summed E-state index contributed by atoms with van der Waals surface area (Å²) in [6, 6.07) is 24.8. The van der Waals surface area contributed by atoms with Gasteiger partial charge >= 0.3 is 7.12 Å². The molecule has 3 aromatic rings. The minimum absolute atomic E-state index is 0.0835. The second kappa shape index (κ2) is 15.2. The Hall–Kier alpha value is -3.89. The molecule has 0 unspecified atom stereocenters. The maximum Gasteiger partial charge on any atom is 0.455 e. The van der Waals surface area contributed by atoms with E-state index >= 15 is 0 Å². The molecule has 0 aromatic heterocycles. The molecule has 0 saturated carbocycles. The Bertz CT molecular complexity index is 1760. The molecule has 3 fully saturated rings. The number of amides is 2. The number of phenols is 1. The van der Waals surface area contributed by atoms with Gasteiger partial charge in [0.1, 0.15) is 18.1 Å². The quantitative estimate of drug-likeness (QED) is 0.137. The van der Waals surface area contributed by atoms with Gasteiger partial charge in [0.2, 0.25) is 11.8 Å². The van der Waals surface area contributed by atoms with Crippen molar-refractivity contribution in [1.82, 2.24) is 9.80 Å². The first-order chi connectivity index (χ1) is 24.2. The van der Waals surface area contributed by atoms with E-state index < -0.39 is 25.1 Å². The van der Waals surface area contributed by atoms with Gasteiger partial charge < -0.3 is 19.5 Å². The van der Waals surface area contributed by atoms with Crippen LogP contribution in [0.15, 0.2) is 95.6 Å². The summed E-state index contributed by atoms with van der Waals surface area (Å²) in [5, 5.41) is 21.3. The van der Waals surface area contributed by atoms with Gasteiger partial charge in [-0.05, 0) is 104 Å². The predicted octanol–water partition coefficient (Wildman–Crippen LogP) is 6.77. The molecule has 3 aliphatic heterocycles. The van der Waals surface area contributed by atoms with Crippen molar-refractivity contribution >= 4 is 36.6 Å². The monoisotopic (exact) mass is 694 g/mol. The van der Waals surface area contributed by atoms with Crippen molar-refractivity contribution in [2.45, 2.75) is 64.0 Å². The Morgan fingerprint density at radius 3 is 2.44 bits per heavy atom. The van der Waals surface area contributed by atoms with Crippen molar-refractivity contribution in [2.24, 2.45) is 17.8 Å². The van der Waals surface area contributed by atoms with E-state index in [1.165, 1.54) is 11.6 Å². The number of carbonyl (C=O) groups excluding carboxylic acids is 2. The highest BCUT2D eigenvalue weighted by Crippen LogP contribution is 2.51. The molecule has 8 nitrogen and oxygen atoms in total. The lowest BCUT2D eigenvalue weighted by atomic mass is 9.58. The molecular weight excluding hydrogens is 651 g/mol. The van der Waals surface area contributed by atoms with Crippen molar-refractivity contribution in [1.29, 1.82) is 0 Å². The van der Waals surface area contributed by atoms with Crippen LogP contribution in [0.5, 0.6) is 11.5 Å². The van der Waals surface area contributed by atoms with E-state index in [9.17, 15) is 19.7 Å². The number of hydrogen-bond acceptors (Lipinski definition) is 7. The summed E-state index contributed by atoms with van der Waals surface area (Å²) in [7, 11) is -1.04. The Balaban J connectivity index is 1.11. The second-order valence-electron chi connectivity index (χ2n) is 14.2. The molecule has 0 radical (unpaired) electrons. The number of aromatic hydroxyl groups is 1. The molecule has 3 saturated heterocycles. The fourth-order valence-electron chi connectivity index (χ4n) is 8.47. The third-order valence-corrected chi connectivity index (χ3v) is 11.2. The van der Waals surface area contributed by atoms with Crippen LogP contribution in [0, 0.1) is 17.8 Å². The molecule has 7 rings (SSSR count). The van der Waals surface area contributed by atoms with Crippen molar-refractivity contribution in [2.75, 3.05) is 19.7 Å². The first-order valence-electron chi connectivity index (χ1n) is 17.8. The molecule has 4 aliphatic rings. The molecule has 3 aromatic carbocycles. The number of allylic oxidation sites excluding steroid dienone is 1. The van der Waals surface area contributed by atoms with E-state index in [4.69, 9.17) is 21.0 Å². The van der Waals surface area contributed by atoms with Gasteiger partial charge in [-0.25, -0.2) is 0 Å². The molecule has 3 heterocycles. The van der Waals surface area contributed by atoms with Crippen molar-refractivity contribution in [3.8, 4) is 11.5 Å². The number of benzene rings is 3. The zero-order chi connectivity index (χ0) is 34.8. The van der Waals surface area contributed by atoms with Gasteiger partial charge in [-0.1, -0.05) is 71.8 Å². The Labute approximate surface area is 299 Å². The number of fused-ring (bicyclic) bond motifs is 3. The highest BCUT2D eigenvalue weighted by Gasteiger charge is 2.58. The number of ether oxygens (including phenoxy) is 1. The SMILES string of the molecule is C/C(=C\c1ccc(O)cc1Cl)CC[C@H]1OB(O)C[C@H]2C1=C(COc1ccccc1)C[C@H]1C(=O)N(C3CCN(Cc4ccccc4)CC3)C(=O)[C@H]12. The topological polar surface area (TPSA) is 99.5 Å². The number of para-hydroxylation sites is 1. The van der Waals surface area contributed by atoms with Crippen LogP contribution in [-0.4, -0.2) is 70.7 Å². The maximum atomic E-state index is 14.4. The summed E-state index contributed by atoms with van der Waals surface area (Å²) in [4.78, 5) is 32.6. The minimum Gasteiger partial charge on any atom is -0.508 e. The van der Waals surface area contributed by atoms with Gasteiger partial charge in [-0.15, -0.1) is 0 Å². The van der Waals surface area contributed by atoms with Gasteiger partial charge in [-0.2, -0.15) is 0 Å². The third-order valence-electron chi connectivity index (χ3n) is 10.9. The lowest BCUT2D eigenvalue weighted by Crippen LogP contribution is -2.48. The summed E-state index contributed by atoms with van der Waals surface area (Å²) in [6.45, 7) is 4.81. The lowest BCUT2D eigenvalue weighted by molar-refractivity contribution is -0.144. The number of likely N-dealkylation sites (tertiary alicyclic amines) is 2. The molecule has 2 amide bonds. The molecule has 0 spiro atoms. The van der Waals surface area contributed by atoms with Crippen molar-refractivity contribution in [3.05, 3.63) is 112 Å². The van der Waals surface area contributed by atoms with E-state index in [1.54, 1.807) is 17.0 Å². The molecule has 0 bridgehead atoms. The van der Waals surface area contributed by atoms with E-state index in [0.717, 1.165) is 60.5 Å². The van der Waals surface area contributed by atoms with Gasteiger partial charge in [0.25, 0.3) is 0 Å². The number of rotatable bonds is 10. The fraction of sp³-hybridized carbons (Fsp3) is 0.400. The number of nitrogens with zero attached hydrogens (tertiary/aromatic N) is 2. The zero-order valence-electron chi connectivity index (χ0n) is 28.4. The normalized spacial score (nSPS) is 24.8. The smallest absolute Gasteiger partial charge is 0.455 e. The first-order valence-corrected chi connectivity index (χ1v) is 18.1. The Morgan fingerprint density at radius 1 is 1.00 bits per heavy atom. The summed E-state index contributed by atoms with van der Waals surface area (Å²) in [6.07, 6.45) is 5.01. The van der Waals surface area contributed by atoms with Crippen LogP contribution in [0.3, 0.4) is 0 Å².